The molecule has 3 heteroatoms. The molecule has 1 aromatic carbocycles. The van der Waals surface area contributed by atoms with E-state index in [1.54, 1.807) is 0 Å². The van der Waals surface area contributed by atoms with Gasteiger partial charge in [0.25, 0.3) is 0 Å². The predicted octanol–water partition coefficient (Wildman–Crippen LogP) is 1.48. The van der Waals surface area contributed by atoms with Gasteiger partial charge in [0, 0.05) is 24.2 Å². The number of nitrogens with one attached hydrogen (secondary N) is 1. The number of hydrogen-bond donors (Lipinski definition) is 1. The van der Waals surface area contributed by atoms with Gasteiger partial charge in [-0.15, -0.1) is 0 Å². The van der Waals surface area contributed by atoms with E-state index in [0.717, 1.165) is 36.5 Å². The minimum atomic E-state index is 0.610. The molecule has 1 aromatic rings. The molecule has 70 valence electrons. The number of nitrogens with zero attached hydrogens (tertiary/aromatic N) is 2. The molecule has 0 spiro atoms. The zero-order chi connectivity index (χ0) is 9.54. The third kappa shape index (κ3) is 0.867. The Hall–Kier alpha value is -1.64. The number of rotatable bonds is 0. The third-order valence-electron chi connectivity index (χ3n) is 2.75. The van der Waals surface area contributed by atoms with Crippen molar-refractivity contribution in [2.75, 3.05) is 13.1 Å². The smallest absolute Gasteiger partial charge is 0.137 e. The normalized spacial score (nSPS) is 19.0. The molecule has 0 radical (unpaired) electrons. The molecule has 0 saturated carbocycles. The highest BCUT2D eigenvalue weighted by atomic mass is 15.3. The lowest BCUT2D eigenvalue weighted by molar-refractivity contribution is 0.556. The topological polar surface area (TPSA) is 39.5 Å². The van der Waals surface area contributed by atoms with Crippen LogP contribution in [0.3, 0.4) is 0 Å². The maximum Gasteiger partial charge on any atom is 0.137 e. The van der Waals surface area contributed by atoms with Crippen molar-refractivity contribution in [3.8, 4) is 0 Å². The highest BCUT2D eigenvalue weighted by Gasteiger charge is 2.31. The van der Waals surface area contributed by atoms with Crippen LogP contribution in [0.1, 0.15) is 17.5 Å². The average molecular weight is 185 g/mol. The summed E-state index contributed by atoms with van der Waals surface area (Å²) < 4.78 is 0. The molecule has 0 saturated heterocycles. The van der Waals surface area contributed by atoms with Crippen LogP contribution in [-0.4, -0.2) is 29.7 Å². The van der Waals surface area contributed by atoms with Gasteiger partial charge < -0.3 is 4.90 Å². The van der Waals surface area contributed by atoms with Gasteiger partial charge in [0.15, 0.2) is 0 Å². The molecule has 0 aliphatic carbocycles. The zero-order valence-electron chi connectivity index (χ0n) is 7.83. The van der Waals surface area contributed by atoms with Crippen molar-refractivity contribution in [1.29, 1.82) is 5.41 Å². The van der Waals surface area contributed by atoms with E-state index in [1.165, 1.54) is 0 Å². The Balaban J connectivity index is 2.23. The van der Waals surface area contributed by atoms with E-state index in [4.69, 9.17) is 5.41 Å². The predicted molar refractivity (Wildman–Crippen MR) is 56.0 cm³/mol. The van der Waals surface area contributed by atoms with Gasteiger partial charge in [0.05, 0.1) is 0 Å². The van der Waals surface area contributed by atoms with E-state index < -0.39 is 0 Å². The summed E-state index contributed by atoms with van der Waals surface area (Å²) in [7, 11) is 0. The second-order valence-electron chi connectivity index (χ2n) is 3.60. The van der Waals surface area contributed by atoms with Gasteiger partial charge in [0.2, 0.25) is 0 Å². The van der Waals surface area contributed by atoms with Gasteiger partial charge in [-0.2, -0.15) is 0 Å². The van der Waals surface area contributed by atoms with Crippen molar-refractivity contribution in [2.45, 2.75) is 6.42 Å². The molecular formula is C11H11N3. The molecule has 3 rings (SSSR count). The van der Waals surface area contributed by atoms with Crippen LogP contribution in [-0.2, 0) is 0 Å². The maximum absolute atomic E-state index is 8.00. The quantitative estimate of drug-likeness (QED) is 0.653. The van der Waals surface area contributed by atoms with Gasteiger partial charge >= 0.3 is 0 Å². The molecule has 0 unspecified atom stereocenters. The Morgan fingerprint density at radius 2 is 2.00 bits per heavy atom. The fraction of sp³-hybridized carbons (Fsp3) is 0.273. The van der Waals surface area contributed by atoms with Crippen LogP contribution >= 0.6 is 0 Å². The summed E-state index contributed by atoms with van der Waals surface area (Å²) in [6, 6.07) is 8.03. The molecule has 0 fully saturated rings. The maximum atomic E-state index is 8.00. The Morgan fingerprint density at radius 3 is 2.86 bits per heavy atom. The van der Waals surface area contributed by atoms with Gasteiger partial charge in [0.1, 0.15) is 11.7 Å². The monoisotopic (exact) mass is 185 g/mol. The summed E-state index contributed by atoms with van der Waals surface area (Å²) >= 11 is 0. The van der Waals surface area contributed by atoms with Crippen LogP contribution in [0, 0.1) is 5.41 Å². The molecule has 0 bridgehead atoms. The minimum absolute atomic E-state index is 0.610. The summed E-state index contributed by atoms with van der Waals surface area (Å²) in [4.78, 5) is 6.49. The van der Waals surface area contributed by atoms with Gasteiger partial charge in [-0.05, 0) is 6.42 Å². The average Bonchev–Trinajstić information content (AvgIpc) is 2.55. The number of hydrogen-bond acceptors (Lipinski definition) is 2. The molecule has 2 aliphatic rings. The number of fused-ring (bicyclic) bond motifs is 3. The Kier molecular flexibility index (Phi) is 1.48. The van der Waals surface area contributed by atoms with Crippen molar-refractivity contribution in [3.05, 3.63) is 35.4 Å². The van der Waals surface area contributed by atoms with E-state index in [9.17, 15) is 0 Å². The van der Waals surface area contributed by atoms with Crippen LogP contribution in [0.5, 0.6) is 0 Å². The molecule has 0 atom stereocenters. The molecular weight excluding hydrogens is 174 g/mol. The number of aliphatic imine (C=N–C) groups is 1. The highest BCUT2D eigenvalue weighted by molar-refractivity contribution is 6.24. The van der Waals surface area contributed by atoms with Gasteiger partial charge in [-0.3, -0.25) is 10.4 Å². The van der Waals surface area contributed by atoms with Gasteiger partial charge in [-0.1, -0.05) is 24.3 Å². The van der Waals surface area contributed by atoms with Crippen LogP contribution in [0.25, 0.3) is 0 Å². The third-order valence-corrected chi connectivity index (χ3v) is 2.75. The van der Waals surface area contributed by atoms with Crippen LogP contribution in [0.4, 0.5) is 0 Å². The second-order valence-corrected chi connectivity index (χ2v) is 3.60. The summed E-state index contributed by atoms with van der Waals surface area (Å²) in [6.07, 6.45) is 1.06. The standard InChI is InChI=1S/C11H11N3/c12-10-8-4-1-2-5-9(8)11-13-6-3-7-14(10)11/h1-2,4-5,12H,3,6-7H2. The highest BCUT2D eigenvalue weighted by Crippen LogP contribution is 2.25. The lowest BCUT2D eigenvalue weighted by Crippen LogP contribution is -2.34. The lowest BCUT2D eigenvalue weighted by Gasteiger charge is -2.22. The first kappa shape index (κ1) is 7.74. The summed E-state index contributed by atoms with van der Waals surface area (Å²) in [5.41, 5.74) is 2.14. The van der Waals surface area contributed by atoms with Crippen molar-refractivity contribution in [2.24, 2.45) is 4.99 Å². The fourth-order valence-electron chi connectivity index (χ4n) is 2.08. The van der Waals surface area contributed by atoms with Crippen molar-refractivity contribution in [3.63, 3.8) is 0 Å². The molecule has 14 heavy (non-hydrogen) atoms. The Labute approximate surface area is 82.6 Å². The van der Waals surface area contributed by atoms with E-state index in [-0.39, 0.29) is 0 Å². The number of benzene rings is 1. The van der Waals surface area contributed by atoms with Crippen molar-refractivity contribution < 1.29 is 0 Å². The summed E-state index contributed by atoms with van der Waals surface area (Å²) in [5, 5.41) is 8.00. The minimum Gasteiger partial charge on any atom is -0.311 e. The molecule has 2 aliphatic heterocycles. The molecule has 0 amide bonds. The molecule has 0 aromatic heterocycles. The van der Waals surface area contributed by atoms with Crippen LogP contribution < -0.4 is 0 Å². The summed E-state index contributed by atoms with van der Waals surface area (Å²) in [5.74, 6) is 1.61. The molecule has 2 heterocycles. The first-order valence-electron chi connectivity index (χ1n) is 4.88. The SMILES string of the molecule is N=C1c2ccccc2C2=NCCCN12. The Morgan fingerprint density at radius 1 is 1.21 bits per heavy atom. The van der Waals surface area contributed by atoms with E-state index in [0.29, 0.717) is 5.84 Å². The van der Waals surface area contributed by atoms with E-state index in [2.05, 4.69) is 4.99 Å². The van der Waals surface area contributed by atoms with Crippen LogP contribution in [0.15, 0.2) is 29.3 Å². The first-order chi connectivity index (χ1) is 6.88. The zero-order valence-corrected chi connectivity index (χ0v) is 7.83. The van der Waals surface area contributed by atoms with Gasteiger partial charge in [-0.25, -0.2) is 0 Å². The summed E-state index contributed by atoms with van der Waals surface area (Å²) in [6.45, 7) is 1.83. The molecule has 3 nitrogen and oxygen atoms in total. The fourth-order valence-corrected chi connectivity index (χ4v) is 2.08. The second kappa shape index (κ2) is 2.67. The first-order valence-corrected chi connectivity index (χ1v) is 4.88. The van der Waals surface area contributed by atoms with Crippen molar-refractivity contribution >= 4 is 11.7 Å². The van der Waals surface area contributed by atoms with Crippen LogP contribution in [0.2, 0.25) is 0 Å². The largest absolute Gasteiger partial charge is 0.311 e. The molecule has 1 N–H and O–H groups in total. The number of amidine groups is 2. The van der Waals surface area contributed by atoms with E-state index >= 15 is 0 Å². The Bertz CT molecular complexity index is 434. The van der Waals surface area contributed by atoms with E-state index in [1.807, 2.05) is 29.2 Å². The lowest BCUT2D eigenvalue weighted by atomic mass is 10.1. The van der Waals surface area contributed by atoms with Crippen molar-refractivity contribution in [1.82, 2.24) is 4.90 Å².